The molecule has 0 atom stereocenters. The number of nitrogens with one attached hydrogen (secondary N) is 1. The van der Waals surface area contributed by atoms with Crippen molar-refractivity contribution < 1.29 is 19.2 Å². The third kappa shape index (κ3) is 3.28. The number of hydrogen-bond acceptors (Lipinski definition) is 5. The van der Waals surface area contributed by atoms with Gasteiger partial charge in [-0.25, -0.2) is 0 Å². The second kappa shape index (κ2) is 6.21. The van der Waals surface area contributed by atoms with Crippen LogP contribution in [0.3, 0.4) is 0 Å². The summed E-state index contributed by atoms with van der Waals surface area (Å²) in [4.78, 5) is 35.1. The lowest BCUT2D eigenvalue weighted by Crippen LogP contribution is -2.45. The van der Waals surface area contributed by atoms with Gasteiger partial charge in [-0.2, -0.15) is 0 Å². The van der Waals surface area contributed by atoms with Crippen molar-refractivity contribution in [3.63, 3.8) is 0 Å². The number of nitrogens with zero attached hydrogens (tertiary/aromatic N) is 2. The number of ether oxygens (including phenoxy) is 1. The third-order valence-electron chi connectivity index (χ3n) is 2.97. The van der Waals surface area contributed by atoms with Gasteiger partial charge in [0.05, 0.1) is 10.6 Å². The molecule has 0 radical (unpaired) electrons. The zero-order chi connectivity index (χ0) is 15.4. The van der Waals surface area contributed by atoms with Crippen LogP contribution in [0.5, 0.6) is 5.75 Å². The number of non-ortho nitro benzene ring substituents is 1. The third-order valence-corrected chi connectivity index (χ3v) is 2.97. The summed E-state index contributed by atoms with van der Waals surface area (Å²) in [6, 6.07) is 3.96. The molecule has 2 amide bonds. The van der Waals surface area contributed by atoms with Crippen LogP contribution < -0.4 is 15.0 Å². The van der Waals surface area contributed by atoms with Crippen molar-refractivity contribution in [2.24, 2.45) is 0 Å². The highest BCUT2D eigenvalue weighted by molar-refractivity contribution is 6.02. The molecule has 0 unspecified atom stereocenters. The predicted molar refractivity (Wildman–Crippen MR) is 74.2 cm³/mol. The first kappa shape index (κ1) is 14.8. The maximum absolute atomic E-state index is 11.9. The van der Waals surface area contributed by atoms with Gasteiger partial charge in [0.25, 0.3) is 11.6 Å². The van der Waals surface area contributed by atoms with E-state index in [2.05, 4.69) is 5.32 Å². The monoisotopic (exact) mass is 293 g/mol. The first-order valence-corrected chi connectivity index (χ1v) is 6.51. The van der Waals surface area contributed by atoms with E-state index in [9.17, 15) is 19.7 Å². The van der Waals surface area contributed by atoms with Crippen LogP contribution >= 0.6 is 0 Å². The number of nitro groups is 1. The molecule has 8 nitrogen and oxygen atoms in total. The van der Waals surface area contributed by atoms with Gasteiger partial charge >= 0.3 is 0 Å². The van der Waals surface area contributed by atoms with E-state index in [1.165, 1.54) is 23.1 Å². The Balaban J connectivity index is 2.26. The van der Waals surface area contributed by atoms with Gasteiger partial charge in [0.15, 0.2) is 6.61 Å². The van der Waals surface area contributed by atoms with E-state index in [-0.39, 0.29) is 30.4 Å². The number of hydrogen-bond donors (Lipinski definition) is 1. The molecule has 0 aromatic heterocycles. The van der Waals surface area contributed by atoms with Gasteiger partial charge in [-0.05, 0) is 12.5 Å². The summed E-state index contributed by atoms with van der Waals surface area (Å²) in [6.07, 6.45) is 0.783. The lowest BCUT2D eigenvalue weighted by molar-refractivity contribution is -0.384. The highest BCUT2D eigenvalue weighted by Gasteiger charge is 2.29. The molecular formula is C13H15N3O5. The second-order valence-electron chi connectivity index (χ2n) is 4.53. The molecule has 1 aromatic rings. The lowest BCUT2D eigenvalue weighted by atomic mass is 10.2. The Morgan fingerprint density at radius 3 is 2.95 bits per heavy atom. The Hall–Kier alpha value is -2.64. The van der Waals surface area contributed by atoms with Crippen LogP contribution in [0.2, 0.25) is 0 Å². The standard InChI is InChI=1S/C13H15N3O5/c1-2-5-14-12(17)7-15-10-6-9(16(19)20)3-4-11(10)21-8-13(15)18/h3-4,6H,2,5,7-8H2,1H3,(H,14,17). The van der Waals surface area contributed by atoms with Gasteiger partial charge in [0.1, 0.15) is 12.3 Å². The molecular weight excluding hydrogens is 278 g/mol. The molecule has 21 heavy (non-hydrogen) atoms. The summed E-state index contributed by atoms with van der Waals surface area (Å²) in [5.41, 5.74) is 0.0816. The molecule has 0 bridgehead atoms. The Labute approximate surface area is 120 Å². The summed E-state index contributed by atoms with van der Waals surface area (Å²) in [7, 11) is 0. The number of benzene rings is 1. The lowest BCUT2D eigenvalue weighted by Gasteiger charge is -2.28. The SMILES string of the molecule is CCCNC(=O)CN1C(=O)COc2ccc([N+](=O)[O-])cc21. The van der Waals surface area contributed by atoms with Crippen molar-refractivity contribution >= 4 is 23.2 Å². The molecule has 0 saturated carbocycles. The zero-order valence-electron chi connectivity index (χ0n) is 11.5. The smallest absolute Gasteiger partial charge is 0.271 e. The van der Waals surface area contributed by atoms with E-state index in [0.717, 1.165) is 6.42 Å². The topological polar surface area (TPSA) is 102 Å². The van der Waals surface area contributed by atoms with Crippen LogP contribution in [-0.2, 0) is 9.59 Å². The average Bonchev–Trinajstić information content (AvgIpc) is 2.47. The molecule has 0 aliphatic carbocycles. The Bertz CT molecular complexity index is 587. The minimum absolute atomic E-state index is 0.161. The Morgan fingerprint density at radius 1 is 1.52 bits per heavy atom. The molecule has 0 saturated heterocycles. The first-order valence-electron chi connectivity index (χ1n) is 6.51. The number of nitro benzene ring substituents is 1. The number of carbonyl (C=O) groups excluding carboxylic acids is 2. The number of rotatable bonds is 5. The zero-order valence-corrected chi connectivity index (χ0v) is 11.5. The second-order valence-corrected chi connectivity index (χ2v) is 4.53. The van der Waals surface area contributed by atoms with Gasteiger partial charge in [-0.15, -0.1) is 0 Å². The number of amides is 2. The number of anilines is 1. The Kier molecular flexibility index (Phi) is 4.36. The normalized spacial score (nSPS) is 13.4. The molecule has 1 aromatic carbocycles. The predicted octanol–water partition coefficient (Wildman–Crippen LogP) is 0.846. The molecule has 1 aliphatic heterocycles. The molecule has 0 fully saturated rings. The fourth-order valence-electron chi connectivity index (χ4n) is 1.94. The molecule has 1 aliphatic rings. The van der Waals surface area contributed by atoms with Crippen LogP contribution in [0.4, 0.5) is 11.4 Å². The van der Waals surface area contributed by atoms with Gasteiger partial charge in [0.2, 0.25) is 5.91 Å². The summed E-state index contributed by atoms with van der Waals surface area (Å²) in [5.74, 6) is -0.373. The summed E-state index contributed by atoms with van der Waals surface area (Å²) >= 11 is 0. The first-order chi connectivity index (χ1) is 10.0. The van der Waals surface area contributed by atoms with Crippen LogP contribution in [-0.4, -0.2) is 36.4 Å². The highest BCUT2D eigenvalue weighted by Crippen LogP contribution is 2.34. The van der Waals surface area contributed by atoms with E-state index in [4.69, 9.17) is 4.74 Å². The fourth-order valence-corrected chi connectivity index (χ4v) is 1.94. The van der Waals surface area contributed by atoms with Gasteiger partial charge < -0.3 is 10.1 Å². The van der Waals surface area contributed by atoms with Crippen molar-refractivity contribution in [1.29, 1.82) is 0 Å². The van der Waals surface area contributed by atoms with E-state index < -0.39 is 10.8 Å². The molecule has 2 rings (SSSR count). The average molecular weight is 293 g/mol. The molecule has 1 heterocycles. The van der Waals surface area contributed by atoms with Crippen molar-refractivity contribution in [2.45, 2.75) is 13.3 Å². The maximum atomic E-state index is 11.9. The number of carbonyl (C=O) groups is 2. The maximum Gasteiger partial charge on any atom is 0.271 e. The largest absolute Gasteiger partial charge is 0.482 e. The molecule has 0 spiro atoms. The minimum atomic E-state index is -0.561. The van der Waals surface area contributed by atoms with Crippen molar-refractivity contribution in [3.8, 4) is 5.75 Å². The fraction of sp³-hybridized carbons (Fsp3) is 0.385. The highest BCUT2D eigenvalue weighted by atomic mass is 16.6. The molecule has 1 N–H and O–H groups in total. The van der Waals surface area contributed by atoms with E-state index >= 15 is 0 Å². The van der Waals surface area contributed by atoms with Gasteiger partial charge in [0, 0.05) is 18.7 Å². The molecule has 8 heteroatoms. The number of fused-ring (bicyclic) bond motifs is 1. The van der Waals surface area contributed by atoms with Crippen LogP contribution in [0.1, 0.15) is 13.3 Å². The van der Waals surface area contributed by atoms with Crippen LogP contribution in [0, 0.1) is 10.1 Å². The van der Waals surface area contributed by atoms with Crippen LogP contribution in [0.25, 0.3) is 0 Å². The molecule has 112 valence electrons. The summed E-state index contributed by atoms with van der Waals surface area (Å²) < 4.78 is 5.22. The van der Waals surface area contributed by atoms with Crippen molar-refractivity contribution in [2.75, 3.05) is 24.6 Å². The Morgan fingerprint density at radius 2 is 2.29 bits per heavy atom. The van der Waals surface area contributed by atoms with Crippen molar-refractivity contribution in [3.05, 3.63) is 28.3 Å². The summed E-state index contributed by atoms with van der Waals surface area (Å²) in [5, 5.41) is 13.5. The quantitative estimate of drug-likeness (QED) is 0.640. The van der Waals surface area contributed by atoms with E-state index in [0.29, 0.717) is 12.3 Å². The van der Waals surface area contributed by atoms with E-state index in [1.807, 2.05) is 6.92 Å². The van der Waals surface area contributed by atoms with E-state index in [1.54, 1.807) is 0 Å². The van der Waals surface area contributed by atoms with Gasteiger partial charge in [-0.1, -0.05) is 6.92 Å². The van der Waals surface area contributed by atoms with Gasteiger partial charge in [-0.3, -0.25) is 24.6 Å². The minimum Gasteiger partial charge on any atom is -0.482 e. The summed E-state index contributed by atoms with van der Waals surface area (Å²) in [6.45, 7) is 2.06. The van der Waals surface area contributed by atoms with Crippen LogP contribution in [0.15, 0.2) is 18.2 Å². The van der Waals surface area contributed by atoms with Crippen molar-refractivity contribution in [1.82, 2.24) is 5.32 Å².